The maximum Gasteiger partial charge on any atom is 0.410 e. The average molecular weight is 510 g/mol. The molecule has 0 bridgehead atoms. The summed E-state index contributed by atoms with van der Waals surface area (Å²) in [4.78, 5) is 14.6. The molecule has 2 atom stereocenters. The van der Waals surface area contributed by atoms with Crippen molar-refractivity contribution in [3.8, 4) is 16.9 Å². The molecule has 0 saturated carbocycles. The maximum atomic E-state index is 12.8. The molecule has 0 aliphatic carbocycles. The van der Waals surface area contributed by atoms with Gasteiger partial charge in [-0.25, -0.2) is 4.79 Å². The summed E-state index contributed by atoms with van der Waals surface area (Å²) >= 11 is 12.8. The second-order valence-electron chi connectivity index (χ2n) is 10.3. The number of carbonyl (C=O) groups excluding carboxylic acids is 1. The van der Waals surface area contributed by atoms with Gasteiger partial charge in [0.05, 0.1) is 0 Å². The molecular formula is C29H29Cl2NO3. The van der Waals surface area contributed by atoms with Crippen molar-refractivity contribution in [2.24, 2.45) is 0 Å². The first-order valence-corrected chi connectivity index (χ1v) is 12.7. The third-order valence-electron chi connectivity index (χ3n) is 6.54. The molecule has 0 spiro atoms. The van der Waals surface area contributed by atoms with Crippen molar-refractivity contribution >= 4 is 29.3 Å². The fourth-order valence-electron chi connectivity index (χ4n) is 4.97. The Morgan fingerprint density at radius 2 is 1.86 bits per heavy atom. The van der Waals surface area contributed by atoms with E-state index in [4.69, 9.17) is 32.7 Å². The zero-order valence-electron chi connectivity index (χ0n) is 20.2. The molecule has 4 nitrogen and oxygen atoms in total. The first kappa shape index (κ1) is 24.0. The Kier molecular flexibility index (Phi) is 6.45. The van der Waals surface area contributed by atoms with Crippen LogP contribution in [0, 0.1) is 0 Å². The Hall–Kier alpha value is -2.69. The zero-order valence-corrected chi connectivity index (χ0v) is 21.7. The highest BCUT2D eigenvalue weighted by molar-refractivity contribution is 6.36. The second-order valence-corrected chi connectivity index (χ2v) is 11.2. The van der Waals surface area contributed by atoms with Crippen molar-refractivity contribution < 1.29 is 14.3 Å². The second kappa shape index (κ2) is 9.40. The quantitative estimate of drug-likeness (QED) is 0.362. The van der Waals surface area contributed by atoms with Crippen molar-refractivity contribution in [2.75, 3.05) is 13.1 Å². The molecule has 1 amide bonds. The number of fused-ring (bicyclic) bond motifs is 3. The number of hydrogen-bond acceptors (Lipinski definition) is 3. The summed E-state index contributed by atoms with van der Waals surface area (Å²) in [5, 5.41) is 1.21. The summed E-state index contributed by atoms with van der Waals surface area (Å²) in [7, 11) is 0. The van der Waals surface area contributed by atoms with Crippen LogP contribution in [0.2, 0.25) is 10.0 Å². The lowest BCUT2D eigenvalue weighted by molar-refractivity contribution is 0.0118. The van der Waals surface area contributed by atoms with E-state index in [0.29, 0.717) is 23.1 Å². The number of ether oxygens (including phenoxy) is 2. The predicted octanol–water partition coefficient (Wildman–Crippen LogP) is 7.74. The standard InChI is InChI=1S/C29H29Cl2NO3/c1-29(2,3)35-28(33)32-12-11-26-24(17-32)23-15-19(22-10-9-21(30)16-25(22)31)14-20(27(23)34-26)13-18-7-5-4-6-8-18/h4-10,14-16,24,26H,11-13,17H2,1-3H3. The van der Waals surface area contributed by atoms with Crippen LogP contribution in [0.5, 0.6) is 5.75 Å². The maximum absolute atomic E-state index is 12.8. The van der Waals surface area contributed by atoms with E-state index in [1.807, 2.05) is 43.9 Å². The van der Waals surface area contributed by atoms with E-state index < -0.39 is 5.60 Å². The Labute approximate surface area is 216 Å². The smallest absolute Gasteiger partial charge is 0.410 e. The topological polar surface area (TPSA) is 38.8 Å². The van der Waals surface area contributed by atoms with Crippen molar-refractivity contribution in [3.63, 3.8) is 0 Å². The highest BCUT2D eigenvalue weighted by atomic mass is 35.5. The number of carbonyl (C=O) groups is 1. The van der Waals surface area contributed by atoms with Gasteiger partial charge in [0.25, 0.3) is 0 Å². The molecule has 2 unspecified atom stereocenters. The van der Waals surface area contributed by atoms with E-state index in [2.05, 4.69) is 36.4 Å². The third-order valence-corrected chi connectivity index (χ3v) is 7.09. The largest absolute Gasteiger partial charge is 0.489 e. The van der Waals surface area contributed by atoms with Gasteiger partial charge < -0.3 is 14.4 Å². The van der Waals surface area contributed by atoms with Crippen LogP contribution in [0.25, 0.3) is 11.1 Å². The van der Waals surface area contributed by atoms with Crippen LogP contribution in [-0.2, 0) is 11.2 Å². The minimum atomic E-state index is -0.528. The normalized spacial score (nSPS) is 19.1. The summed E-state index contributed by atoms with van der Waals surface area (Å²) < 4.78 is 12.2. The van der Waals surface area contributed by atoms with Gasteiger partial charge in [-0.05, 0) is 61.7 Å². The zero-order chi connectivity index (χ0) is 24.7. The van der Waals surface area contributed by atoms with Crippen LogP contribution < -0.4 is 4.74 Å². The van der Waals surface area contributed by atoms with E-state index in [9.17, 15) is 4.79 Å². The monoisotopic (exact) mass is 509 g/mol. The van der Waals surface area contributed by atoms with Gasteiger partial charge in [0.15, 0.2) is 0 Å². The number of amides is 1. The van der Waals surface area contributed by atoms with Crippen LogP contribution in [-0.4, -0.2) is 35.8 Å². The third kappa shape index (κ3) is 5.14. The van der Waals surface area contributed by atoms with Gasteiger partial charge in [-0.1, -0.05) is 59.6 Å². The van der Waals surface area contributed by atoms with Gasteiger partial charge >= 0.3 is 6.09 Å². The molecule has 5 rings (SSSR count). The lowest BCUT2D eigenvalue weighted by Crippen LogP contribution is -2.46. The Morgan fingerprint density at radius 3 is 2.57 bits per heavy atom. The fraction of sp³-hybridized carbons (Fsp3) is 0.345. The molecular weight excluding hydrogens is 481 g/mol. The van der Waals surface area contributed by atoms with E-state index in [1.54, 1.807) is 6.07 Å². The van der Waals surface area contributed by atoms with E-state index in [0.717, 1.165) is 40.8 Å². The van der Waals surface area contributed by atoms with Crippen LogP contribution in [0.1, 0.15) is 49.8 Å². The molecule has 2 aliphatic rings. The molecule has 35 heavy (non-hydrogen) atoms. The highest BCUT2D eigenvalue weighted by Crippen LogP contribution is 2.47. The highest BCUT2D eigenvalue weighted by Gasteiger charge is 2.42. The van der Waals surface area contributed by atoms with E-state index >= 15 is 0 Å². The van der Waals surface area contributed by atoms with Crippen LogP contribution in [0.3, 0.4) is 0 Å². The summed E-state index contributed by atoms with van der Waals surface area (Å²) in [6.45, 7) is 6.86. The van der Waals surface area contributed by atoms with Crippen molar-refractivity contribution in [1.82, 2.24) is 4.90 Å². The molecule has 2 heterocycles. The van der Waals surface area contributed by atoms with Gasteiger partial charge in [0.1, 0.15) is 17.5 Å². The molecule has 1 fully saturated rings. The average Bonchev–Trinajstić information content (AvgIpc) is 3.17. The summed E-state index contributed by atoms with van der Waals surface area (Å²) in [6.07, 6.45) is 1.28. The van der Waals surface area contributed by atoms with E-state index in [1.165, 1.54) is 5.56 Å². The molecule has 0 N–H and O–H groups in total. The minimum absolute atomic E-state index is 0.0362. The lowest BCUT2D eigenvalue weighted by Gasteiger charge is -2.35. The number of rotatable bonds is 3. The number of piperidine rings is 1. The number of nitrogens with zero attached hydrogens (tertiary/aromatic N) is 1. The minimum Gasteiger partial charge on any atom is -0.489 e. The first-order valence-electron chi connectivity index (χ1n) is 12.0. The van der Waals surface area contributed by atoms with Gasteiger partial charge in [0.2, 0.25) is 0 Å². The van der Waals surface area contributed by atoms with E-state index in [-0.39, 0.29) is 18.1 Å². The number of benzene rings is 3. The van der Waals surface area contributed by atoms with Gasteiger partial charge in [-0.2, -0.15) is 0 Å². The summed E-state index contributed by atoms with van der Waals surface area (Å²) in [5.74, 6) is 1.01. The Balaban J connectivity index is 1.54. The number of likely N-dealkylation sites (tertiary alicyclic amines) is 1. The van der Waals surface area contributed by atoms with Crippen molar-refractivity contribution in [3.05, 3.63) is 87.4 Å². The molecule has 1 saturated heterocycles. The van der Waals surface area contributed by atoms with Crippen LogP contribution in [0.15, 0.2) is 60.7 Å². The summed E-state index contributed by atoms with van der Waals surface area (Å²) in [5.41, 5.74) is 4.87. The first-order chi connectivity index (χ1) is 16.7. The molecule has 6 heteroatoms. The Bertz CT molecular complexity index is 1250. The van der Waals surface area contributed by atoms with Gasteiger partial charge in [-0.15, -0.1) is 0 Å². The molecule has 3 aromatic carbocycles. The number of halogens is 2. The Morgan fingerprint density at radius 1 is 1.09 bits per heavy atom. The molecule has 0 radical (unpaired) electrons. The fourth-order valence-corrected chi connectivity index (χ4v) is 5.49. The predicted molar refractivity (Wildman–Crippen MR) is 141 cm³/mol. The van der Waals surface area contributed by atoms with Crippen LogP contribution >= 0.6 is 23.2 Å². The van der Waals surface area contributed by atoms with Gasteiger partial charge in [0, 0.05) is 53.0 Å². The SMILES string of the molecule is CC(C)(C)OC(=O)N1CCC2Oc3c(Cc4ccccc4)cc(-c4ccc(Cl)cc4Cl)cc3C2C1. The lowest BCUT2D eigenvalue weighted by atomic mass is 9.86. The molecule has 182 valence electrons. The van der Waals surface area contributed by atoms with Crippen molar-refractivity contribution in [1.29, 1.82) is 0 Å². The van der Waals surface area contributed by atoms with Crippen LogP contribution in [0.4, 0.5) is 4.79 Å². The molecule has 2 aliphatic heterocycles. The number of hydrogen-bond donors (Lipinski definition) is 0. The van der Waals surface area contributed by atoms with Gasteiger partial charge in [-0.3, -0.25) is 0 Å². The molecule has 3 aromatic rings. The molecule has 0 aromatic heterocycles. The summed E-state index contributed by atoms with van der Waals surface area (Å²) in [6, 6.07) is 20.3. The van der Waals surface area contributed by atoms with Crippen molar-refractivity contribution in [2.45, 2.75) is 51.2 Å².